The number of hydrogen-bond donors (Lipinski definition) is 2. The van der Waals surface area contributed by atoms with Gasteiger partial charge in [0.15, 0.2) is 0 Å². The Balaban J connectivity index is 1.65. The zero-order valence-electron chi connectivity index (χ0n) is 19.7. The number of amides is 3. The number of aryl methyl sites for hydroxylation is 1. The van der Waals surface area contributed by atoms with Crippen molar-refractivity contribution in [2.24, 2.45) is 4.99 Å². The number of nitrogens with one attached hydrogen (secondary N) is 2. The number of benzodiazepines with no additional fused rings is 1. The van der Waals surface area contributed by atoms with Crippen LogP contribution in [-0.2, 0) is 4.79 Å². The number of halogens is 1. The summed E-state index contributed by atoms with van der Waals surface area (Å²) in [5.74, 6) is -0.836. The maximum absolute atomic E-state index is 15.0. The smallest absolute Gasteiger partial charge is 0.321 e. The van der Waals surface area contributed by atoms with E-state index in [9.17, 15) is 9.59 Å². The molecule has 180 valence electrons. The molecular formula is C28H23FN4O3. The third-order valence-corrected chi connectivity index (χ3v) is 5.84. The molecule has 2 heterocycles. The van der Waals surface area contributed by atoms with Crippen molar-refractivity contribution in [1.29, 1.82) is 0 Å². The number of urea groups is 1. The Morgan fingerprint density at radius 2 is 1.72 bits per heavy atom. The highest BCUT2D eigenvalue weighted by atomic mass is 19.1. The monoisotopic (exact) mass is 482 g/mol. The molecule has 8 heteroatoms. The van der Waals surface area contributed by atoms with E-state index in [0.29, 0.717) is 16.9 Å². The first-order valence-electron chi connectivity index (χ1n) is 11.3. The lowest BCUT2D eigenvalue weighted by atomic mass is 9.99. The second-order valence-electron chi connectivity index (χ2n) is 8.57. The highest BCUT2D eigenvalue weighted by Crippen LogP contribution is 2.37. The molecule has 0 saturated carbocycles. The maximum atomic E-state index is 15.0. The van der Waals surface area contributed by atoms with E-state index in [4.69, 9.17) is 9.41 Å². The van der Waals surface area contributed by atoms with Crippen molar-refractivity contribution in [3.05, 3.63) is 114 Å². The number of nitrogens with zero attached hydrogens (tertiary/aromatic N) is 2. The van der Waals surface area contributed by atoms with Gasteiger partial charge in [-0.15, -0.1) is 0 Å². The van der Waals surface area contributed by atoms with Crippen LogP contribution in [0, 0.1) is 12.7 Å². The quantitative estimate of drug-likeness (QED) is 0.387. The number of carbonyl (C=O) groups excluding carboxylic acids is 2. The van der Waals surface area contributed by atoms with Gasteiger partial charge in [-0.1, -0.05) is 42.5 Å². The van der Waals surface area contributed by atoms with E-state index in [2.05, 4.69) is 10.6 Å². The minimum Gasteiger partial charge on any atom is -0.448 e. The van der Waals surface area contributed by atoms with Gasteiger partial charge in [-0.2, -0.15) is 0 Å². The van der Waals surface area contributed by atoms with Gasteiger partial charge in [0.2, 0.25) is 11.5 Å². The van der Waals surface area contributed by atoms with E-state index >= 15 is 4.39 Å². The average Bonchev–Trinajstić information content (AvgIpc) is 3.35. The van der Waals surface area contributed by atoms with Crippen LogP contribution in [0.25, 0.3) is 0 Å². The van der Waals surface area contributed by atoms with Gasteiger partial charge < -0.3 is 15.1 Å². The molecule has 0 radical (unpaired) electrons. The Labute approximate surface area is 207 Å². The lowest BCUT2D eigenvalue weighted by molar-refractivity contribution is -0.123. The normalized spacial score (nSPS) is 17.1. The van der Waals surface area contributed by atoms with Crippen molar-refractivity contribution in [3.63, 3.8) is 0 Å². The number of furan rings is 1. The van der Waals surface area contributed by atoms with Crippen molar-refractivity contribution >= 4 is 34.9 Å². The van der Waals surface area contributed by atoms with Crippen LogP contribution in [-0.4, -0.2) is 23.3 Å². The predicted octanol–water partition coefficient (Wildman–Crippen LogP) is 5.78. The molecule has 1 aromatic heterocycles. The van der Waals surface area contributed by atoms with Crippen LogP contribution in [0.3, 0.4) is 0 Å². The van der Waals surface area contributed by atoms with Crippen LogP contribution in [0.2, 0.25) is 0 Å². The Hall–Kier alpha value is -4.72. The molecule has 5 rings (SSSR count). The molecule has 1 aliphatic heterocycles. The fourth-order valence-corrected chi connectivity index (χ4v) is 4.19. The summed E-state index contributed by atoms with van der Waals surface area (Å²) >= 11 is 0. The number of anilines is 3. The molecule has 4 aromatic rings. The highest BCUT2D eigenvalue weighted by molar-refractivity contribution is 6.22. The zero-order chi connectivity index (χ0) is 25.3. The minimum absolute atomic E-state index is 0.200. The SMILES string of the molecule is Cc1cccc(NC(=O)NC2(C)N=C(c3ccccc3F)c3ccccc3N(c3ccco3)C2=O)c1. The second-order valence-corrected chi connectivity index (χ2v) is 8.57. The fraction of sp³-hybridized carbons (Fsp3) is 0.107. The zero-order valence-corrected chi connectivity index (χ0v) is 19.7. The van der Waals surface area contributed by atoms with E-state index in [1.54, 1.807) is 66.7 Å². The van der Waals surface area contributed by atoms with Crippen LogP contribution >= 0.6 is 0 Å². The summed E-state index contributed by atoms with van der Waals surface area (Å²) in [6.45, 7) is 3.39. The van der Waals surface area contributed by atoms with Gasteiger partial charge >= 0.3 is 6.03 Å². The lowest BCUT2D eigenvalue weighted by Gasteiger charge is -2.29. The van der Waals surface area contributed by atoms with Crippen molar-refractivity contribution in [2.75, 3.05) is 10.2 Å². The van der Waals surface area contributed by atoms with Crippen LogP contribution in [0.4, 0.5) is 26.4 Å². The first kappa shape index (κ1) is 23.0. The minimum atomic E-state index is -1.81. The van der Waals surface area contributed by atoms with Crippen LogP contribution in [0.1, 0.15) is 23.6 Å². The topological polar surface area (TPSA) is 86.9 Å². The van der Waals surface area contributed by atoms with E-state index in [-0.39, 0.29) is 17.2 Å². The third-order valence-electron chi connectivity index (χ3n) is 5.84. The lowest BCUT2D eigenvalue weighted by Crippen LogP contribution is -2.56. The number of fused-ring (bicyclic) bond motifs is 1. The van der Waals surface area contributed by atoms with Crippen molar-refractivity contribution < 1.29 is 18.4 Å². The molecule has 0 fully saturated rings. The van der Waals surface area contributed by atoms with Gasteiger partial charge in [0.25, 0.3) is 5.91 Å². The molecule has 1 aliphatic rings. The third kappa shape index (κ3) is 4.24. The molecule has 1 atom stereocenters. The molecule has 0 saturated heterocycles. The van der Waals surface area contributed by atoms with Gasteiger partial charge in [-0.3, -0.25) is 4.79 Å². The van der Waals surface area contributed by atoms with Gasteiger partial charge in [0.05, 0.1) is 17.7 Å². The largest absolute Gasteiger partial charge is 0.448 e. The van der Waals surface area contributed by atoms with Gasteiger partial charge in [0, 0.05) is 22.9 Å². The molecule has 2 N–H and O–H groups in total. The summed E-state index contributed by atoms with van der Waals surface area (Å²) in [7, 11) is 0. The van der Waals surface area contributed by atoms with Gasteiger partial charge in [0.1, 0.15) is 5.82 Å². The average molecular weight is 483 g/mol. The van der Waals surface area contributed by atoms with Crippen LogP contribution in [0.5, 0.6) is 0 Å². The van der Waals surface area contributed by atoms with Gasteiger partial charge in [-0.05, 0) is 55.8 Å². The molecule has 3 aromatic carbocycles. The molecule has 1 unspecified atom stereocenters. The van der Waals surface area contributed by atoms with E-state index in [0.717, 1.165) is 5.56 Å². The molecule has 0 spiro atoms. The Morgan fingerprint density at radius 1 is 0.972 bits per heavy atom. The Bertz CT molecular complexity index is 1480. The number of carbonyl (C=O) groups is 2. The number of aliphatic imine (C=N–C) groups is 1. The summed E-state index contributed by atoms with van der Waals surface area (Å²) in [6, 6.07) is 23.1. The van der Waals surface area contributed by atoms with E-state index < -0.39 is 23.4 Å². The molecule has 3 amide bonds. The summed E-state index contributed by atoms with van der Waals surface area (Å²) in [6.07, 6.45) is 1.45. The summed E-state index contributed by atoms with van der Waals surface area (Å²) in [4.78, 5) is 33.2. The number of para-hydroxylation sites is 1. The molecule has 0 bridgehead atoms. The summed E-state index contributed by atoms with van der Waals surface area (Å²) in [5, 5.41) is 5.45. The Morgan fingerprint density at radius 3 is 2.44 bits per heavy atom. The predicted molar refractivity (Wildman–Crippen MR) is 136 cm³/mol. The second kappa shape index (κ2) is 9.14. The maximum Gasteiger partial charge on any atom is 0.321 e. The van der Waals surface area contributed by atoms with E-state index in [1.807, 2.05) is 19.1 Å². The number of hydrogen-bond acceptors (Lipinski definition) is 4. The molecule has 36 heavy (non-hydrogen) atoms. The van der Waals surface area contributed by atoms with E-state index in [1.165, 1.54) is 24.2 Å². The summed E-state index contributed by atoms with van der Waals surface area (Å²) < 4.78 is 20.6. The number of benzene rings is 3. The Kier molecular flexibility index (Phi) is 5.85. The first-order chi connectivity index (χ1) is 17.4. The van der Waals surface area contributed by atoms with Crippen molar-refractivity contribution in [3.8, 4) is 0 Å². The summed E-state index contributed by atoms with van der Waals surface area (Å²) in [5.41, 5.74) is 1.10. The van der Waals surface area contributed by atoms with Crippen molar-refractivity contribution in [2.45, 2.75) is 19.5 Å². The standard InChI is InChI=1S/C28H23FN4O3/c1-18-9-7-10-19(17-18)30-27(35)32-28(2)26(34)33(24-15-8-16-36-24)23-14-6-4-12-21(23)25(31-28)20-11-3-5-13-22(20)29/h3-17H,1-2H3,(H2,30,32,35). The molecular weight excluding hydrogens is 459 g/mol. The van der Waals surface area contributed by atoms with Gasteiger partial charge in [-0.25, -0.2) is 19.1 Å². The van der Waals surface area contributed by atoms with Crippen molar-refractivity contribution in [1.82, 2.24) is 5.32 Å². The van der Waals surface area contributed by atoms with Crippen LogP contribution in [0.15, 0.2) is 101 Å². The molecule has 7 nitrogen and oxygen atoms in total. The highest BCUT2D eigenvalue weighted by Gasteiger charge is 2.44. The fourth-order valence-electron chi connectivity index (χ4n) is 4.19. The molecule has 0 aliphatic carbocycles. The van der Waals surface area contributed by atoms with Crippen LogP contribution < -0.4 is 15.5 Å². The first-order valence-corrected chi connectivity index (χ1v) is 11.3. The number of rotatable bonds is 4.